The Kier molecular flexibility index (Phi) is 11.3. The maximum atomic E-state index is 14.2. The Morgan fingerprint density at radius 3 is 2.49 bits per heavy atom. The molecule has 12 heteroatoms. The van der Waals surface area contributed by atoms with E-state index in [2.05, 4.69) is 27.6 Å². The van der Waals surface area contributed by atoms with Crippen molar-refractivity contribution in [1.29, 1.82) is 0 Å². The number of nitrogens with zero attached hydrogens (tertiary/aromatic N) is 2. The Hall–Kier alpha value is -3.36. The largest absolute Gasteiger partial charge is 0.493 e. The Labute approximate surface area is 267 Å². The number of methoxy groups -OCH3 is 3. The van der Waals surface area contributed by atoms with Crippen LogP contribution in [0.15, 0.2) is 51.4 Å². The molecule has 1 atom stereocenters. The molecule has 4 rings (SSSR count). The van der Waals surface area contributed by atoms with Gasteiger partial charge >= 0.3 is 5.97 Å². The summed E-state index contributed by atoms with van der Waals surface area (Å²) in [6, 6.07) is 8.29. The maximum absolute atomic E-state index is 14.2. The van der Waals surface area contributed by atoms with E-state index < -0.39 is 12.0 Å². The van der Waals surface area contributed by atoms with Crippen molar-refractivity contribution in [3.63, 3.8) is 0 Å². The summed E-state index contributed by atoms with van der Waals surface area (Å²) in [5.41, 5.74) is 1.71. The van der Waals surface area contributed by atoms with Crippen molar-refractivity contribution in [3.8, 4) is 23.0 Å². The number of carbonyl (C=O) groups is 1. The number of thiazole rings is 1. The summed E-state index contributed by atoms with van der Waals surface area (Å²) in [6.45, 7) is 6.83. The number of carbonyl (C=O) groups excluding carboxylic acids is 1. The Balaban J connectivity index is 1.94. The molecule has 0 radical (unpaired) electrons. The van der Waals surface area contributed by atoms with Gasteiger partial charge in [-0.05, 0) is 72.7 Å². The molecular formula is C31H35IN2O8S. The van der Waals surface area contributed by atoms with Gasteiger partial charge < -0.3 is 28.4 Å². The average molecular weight is 723 g/mol. The first kappa shape index (κ1) is 32.6. The van der Waals surface area contributed by atoms with Gasteiger partial charge in [-0.2, -0.15) is 0 Å². The van der Waals surface area contributed by atoms with E-state index >= 15 is 0 Å². The van der Waals surface area contributed by atoms with E-state index in [-0.39, 0.29) is 24.3 Å². The van der Waals surface area contributed by atoms with E-state index in [1.807, 2.05) is 32.0 Å². The molecule has 2 heterocycles. The molecule has 0 bridgehead atoms. The molecule has 1 aliphatic heterocycles. The molecule has 10 nitrogen and oxygen atoms in total. The smallest absolute Gasteiger partial charge is 0.338 e. The third-order valence-electron chi connectivity index (χ3n) is 6.57. The lowest BCUT2D eigenvalue weighted by Crippen LogP contribution is -2.40. The summed E-state index contributed by atoms with van der Waals surface area (Å²) in [7, 11) is 4.66. The highest BCUT2D eigenvalue weighted by molar-refractivity contribution is 14.1. The van der Waals surface area contributed by atoms with Crippen LogP contribution in [0.5, 0.6) is 23.0 Å². The number of rotatable bonds is 13. The first-order valence-corrected chi connectivity index (χ1v) is 15.7. The first-order chi connectivity index (χ1) is 20.8. The molecule has 43 heavy (non-hydrogen) atoms. The van der Waals surface area contributed by atoms with Gasteiger partial charge in [0.15, 0.2) is 27.8 Å². The third kappa shape index (κ3) is 6.91. The number of allylic oxidation sites excluding steroid dienone is 1. The number of halogens is 1. The predicted octanol–water partition coefficient (Wildman–Crippen LogP) is 4.23. The lowest BCUT2D eigenvalue weighted by molar-refractivity contribution is -0.140. The van der Waals surface area contributed by atoms with E-state index in [1.54, 1.807) is 39.4 Å². The van der Waals surface area contributed by atoms with Gasteiger partial charge in [0.25, 0.3) is 5.56 Å². The van der Waals surface area contributed by atoms with Crippen molar-refractivity contribution in [2.45, 2.75) is 33.2 Å². The van der Waals surface area contributed by atoms with Gasteiger partial charge in [-0.15, -0.1) is 0 Å². The van der Waals surface area contributed by atoms with Crippen molar-refractivity contribution in [2.75, 3.05) is 47.8 Å². The molecule has 3 aromatic rings. The van der Waals surface area contributed by atoms with Crippen LogP contribution in [0.25, 0.3) is 6.08 Å². The number of ether oxygens (including phenoxy) is 6. The molecule has 0 aliphatic carbocycles. The summed E-state index contributed by atoms with van der Waals surface area (Å²) in [5.74, 6) is 1.57. The molecule has 230 valence electrons. The molecule has 0 spiro atoms. The highest BCUT2D eigenvalue weighted by Gasteiger charge is 2.36. The van der Waals surface area contributed by atoms with Crippen molar-refractivity contribution in [1.82, 2.24) is 4.57 Å². The fraction of sp³-hybridized carbons (Fsp3) is 0.387. The predicted molar refractivity (Wildman–Crippen MR) is 172 cm³/mol. The first-order valence-electron chi connectivity index (χ1n) is 13.8. The highest BCUT2D eigenvalue weighted by Crippen LogP contribution is 2.41. The standard InChI is InChI=1S/C31H35IN2O8S/c1-7-12-41-28-21(32)15-19(16-23(28)39-6)17-24-29(35)34-26(20-10-9-11-22(38-5)27(20)40-8-2)25(18(3)33-31(34)43-24)30(36)42-14-13-37-4/h9-11,15-17,26H,7-8,12-14H2,1-6H3/b24-17+/t26-/m1/s1. The average Bonchev–Trinajstić information content (AvgIpc) is 3.29. The number of esters is 1. The van der Waals surface area contributed by atoms with Gasteiger partial charge in [-0.25, -0.2) is 9.79 Å². The summed E-state index contributed by atoms with van der Waals surface area (Å²) in [5, 5.41) is 0. The highest BCUT2D eigenvalue weighted by atomic mass is 127. The van der Waals surface area contributed by atoms with E-state index in [0.717, 1.165) is 15.6 Å². The third-order valence-corrected chi connectivity index (χ3v) is 8.36. The molecule has 1 aromatic heterocycles. The van der Waals surface area contributed by atoms with Crippen molar-refractivity contribution in [2.24, 2.45) is 4.99 Å². The van der Waals surface area contributed by atoms with Crippen LogP contribution >= 0.6 is 33.9 Å². The maximum Gasteiger partial charge on any atom is 0.338 e. The molecule has 0 saturated carbocycles. The van der Waals surface area contributed by atoms with E-state index in [4.69, 9.17) is 28.4 Å². The molecule has 0 fully saturated rings. The lowest BCUT2D eigenvalue weighted by atomic mass is 9.94. The van der Waals surface area contributed by atoms with Crippen molar-refractivity contribution in [3.05, 3.63) is 76.0 Å². The summed E-state index contributed by atoms with van der Waals surface area (Å²) < 4.78 is 36.5. The number of para-hydroxylation sites is 1. The van der Waals surface area contributed by atoms with Crippen LogP contribution in [0.4, 0.5) is 0 Å². The van der Waals surface area contributed by atoms with Crippen LogP contribution in [0.3, 0.4) is 0 Å². The van der Waals surface area contributed by atoms with Gasteiger partial charge in [-0.3, -0.25) is 9.36 Å². The van der Waals surface area contributed by atoms with Crippen LogP contribution in [-0.2, 0) is 14.3 Å². The number of aromatic nitrogens is 1. The Bertz CT molecular complexity index is 1690. The minimum Gasteiger partial charge on any atom is -0.493 e. The Morgan fingerprint density at radius 1 is 1.05 bits per heavy atom. The molecule has 2 aromatic carbocycles. The quantitative estimate of drug-likeness (QED) is 0.147. The minimum absolute atomic E-state index is 0.0537. The molecule has 0 amide bonds. The van der Waals surface area contributed by atoms with Crippen LogP contribution in [0.2, 0.25) is 0 Å². The summed E-state index contributed by atoms with van der Waals surface area (Å²) >= 11 is 3.44. The monoisotopic (exact) mass is 722 g/mol. The molecular weight excluding hydrogens is 687 g/mol. The zero-order valence-corrected chi connectivity index (χ0v) is 28.0. The second-order valence-electron chi connectivity index (χ2n) is 9.40. The second-order valence-corrected chi connectivity index (χ2v) is 11.6. The van der Waals surface area contributed by atoms with Crippen molar-refractivity contribution >= 4 is 46.0 Å². The number of fused-ring (bicyclic) bond motifs is 1. The second kappa shape index (κ2) is 14.9. The van der Waals surface area contributed by atoms with Crippen molar-refractivity contribution < 1.29 is 33.2 Å². The van der Waals surface area contributed by atoms with Crippen LogP contribution in [0, 0.1) is 3.57 Å². The lowest BCUT2D eigenvalue weighted by Gasteiger charge is -2.27. The molecule has 0 unspecified atom stereocenters. The van der Waals surface area contributed by atoms with Gasteiger partial charge in [-0.1, -0.05) is 30.4 Å². The van der Waals surface area contributed by atoms with Gasteiger partial charge in [0.05, 0.1) is 53.4 Å². The van der Waals surface area contributed by atoms with Crippen LogP contribution in [0.1, 0.15) is 44.4 Å². The molecule has 0 N–H and O–H groups in total. The SMILES string of the molecule is CCCOc1c(I)cc(/C=c2/sc3n(c2=O)[C@H](c2cccc(OC)c2OCC)C(C(=O)OCCOC)=C(C)N=3)cc1OC. The van der Waals surface area contributed by atoms with E-state index in [1.165, 1.54) is 23.0 Å². The fourth-order valence-electron chi connectivity index (χ4n) is 4.70. The molecule has 0 saturated heterocycles. The summed E-state index contributed by atoms with van der Waals surface area (Å²) in [4.78, 5) is 32.8. The van der Waals surface area contributed by atoms with E-state index in [0.29, 0.717) is 56.8 Å². The van der Waals surface area contributed by atoms with Crippen LogP contribution in [-0.4, -0.2) is 58.3 Å². The number of hydrogen-bond donors (Lipinski definition) is 0. The zero-order valence-electron chi connectivity index (χ0n) is 25.0. The van der Waals surface area contributed by atoms with Crippen LogP contribution < -0.4 is 33.8 Å². The Morgan fingerprint density at radius 2 is 1.81 bits per heavy atom. The number of benzene rings is 2. The molecule has 1 aliphatic rings. The minimum atomic E-state index is -0.871. The normalized spacial score (nSPS) is 14.7. The zero-order chi connectivity index (χ0) is 31.1. The van der Waals surface area contributed by atoms with Gasteiger partial charge in [0, 0.05) is 12.7 Å². The van der Waals surface area contributed by atoms with Gasteiger partial charge in [0.1, 0.15) is 12.6 Å². The topological polar surface area (TPSA) is 107 Å². The number of hydrogen-bond acceptors (Lipinski definition) is 10. The van der Waals surface area contributed by atoms with Gasteiger partial charge in [0.2, 0.25) is 0 Å². The fourth-order valence-corrected chi connectivity index (χ4v) is 6.53. The summed E-state index contributed by atoms with van der Waals surface area (Å²) in [6.07, 6.45) is 2.66. The van der Waals surface area contributed by atoms with E-state index in [9.17, 15) is 9.59 Å².